The van der Waals surface area contributed by atoms with Crippen LogP contribution in [0.3, 0.4) is 0 Å². The van der Waals surface area contributed by atoms with Crippen LogP contribution in [0.2, 0.25) is 0 Å². The summed E-state index contributed by atoms with van der Waals surface area (Å²) in [6.45, 7) is 5.26. The van der Waals surface area contributed by atoms with E-state index < -0.39 is 0 Å². The summed E-state index contributed by atoms with van der Waals surface area (Å²) in [6.07, 6.45) is 3.82. The molecule has 4 heterocycles. The fraction of sp³-hybridized carbons (Fsp3) is 0.429. The van der Waals surface area contributed by atoms with Gasteiger partial charge in [0, 0.05) is 12.5 Å². The van der Waals surface area contributed by atoms with Gasteiger partial charge < -0.3 is 14.2 Å². The highest BCUT2D eigenvalue weighted by atomic mass is 19.1. The molecule has 0 spiro atoms. The fourth-order valence-corrected chi connectivity index (χ4v) is 4.11. The van der Waals surface area contributed by atoms with Gasteiger partial charge in [0.25, 0.3) is 0 Å². The predicted octanol–water partition coefficient (Wildman–Crippen LogP) is 3.56. The second kappa shape index (κ2) is 6.46. The Bertz CT molecular complexity index is 1260. The molecule has 0 radical (unpaired) electrons. The van der Waals surface area contributed by atoms with Crippen molar-refractivity contribution in [1.29, 1.82) is 0 Å². The lowest BCUT2D eigenvalue weighted by molar-refractivity contribution is 0.0342. The molecule has 1 saturated heterocycles. The van der Waals surface area contributed by atoms with Crippen molar-refractivity contribution in [3.8, 4) is 11.5 Å². The number of aromatic nitrogens is 5. The Hall–Kier alpha value is -3.07. The molecule has 9 heteroatoms. The molecule has 1 aliphatic carbocycles. The average molecular weight is 408 g/mol. The van der Waals surface area contributed by atoms with Gasteiger partial charge in [0.15, 0.2) is 11.3 Å². The third-order valence-electron chi connectivity index (χ3n) is 5.89. The van der Waals surface area contributed by atoms with Crippen molar-refractivity contribution in [3.05, 3.63) is 36.2 Å². The smallest absolute Gasteiger partial charge is 0.230 e. The second-order valence-corrected chi connectivity index (χ2v) is 8.23. The number of ether oxygens (including phenoxy) is 1. The molecule has 3 aromatic heterocycles. The Morgan fingerprint density at radius 3 is 2.87 bits per heavy atom. The first kappa shape index (κ1) is 17.8. The van der Waals surface area contributed by atoms with Crippen LogP contribution in [0.4, 0.5) is 10.2 Å². The van der Waals surface area contributed by atoms with Gasteiger partial charge in [0.2, 0.25) is 11.7 Å². The van der Waals surface area contributed by atoms with Gasteiger partial charge in [0.05, 0.1) is 29.7 Å². The number of rotatable bonds is 3. The molecule has 2 atom stereocenters. The number of hydrogen-bond acceptors (Lipinski definition) is 7. The van der Waals surface area contributed by atoms with Gasteiger partial charge in [-0.25, -0.2) is 14.4 Å². The van der Waals surface area contributed by atoms with E-state index in [1.165, 1.54) is 6.07 Å². The maximum absolute atomic E-state index is 15.0. The summed E-state index contributed by atoms with van der Waals surface area (Å²) in [5.74, 6) is 1.69. The van der Waals surface area contributed by atoms with Crippen LogP contribution in [0, 0.1) is 5.82 Å². The maximum atomic E-state index is 15.0. The maximum Gasteiger partial charge on any atom is 0.230 e. The van der Waals surface area contributed by atoms with Crippen molar-refractivity contribution in [3.63, 3.8) is 0 Å². The molecule has 8 nitrogen and oxygen atoms in total. The topological polar surface area (TPSA) is 81.6 Å². The molecule has 0 N–H and O–H groups in total. The molecule has 1 aliphatic heterocycles. The Kier molecular flexibility index (Phi) is 3.83. The fourth-order valence-electron chi connectivity index (χ4n) is 4.11. The van der Waals surface area contributed by atoms with Gasteiger partial charge in [0.1, 0.15) is 18.0 Å². The minimum atomic E-state index is -0.311. The summed E-state index contributed by atoms with van der Waals surface area (Å²) >= 11 is 0. The lowest BCUT2D eigenvalue weighted by Crippen LogP contribution is -2.48. The van der Waals surface area contributed by atoms with Crippen LogP contribution in [0.15, 0.2) is 29.0 Å². The summed E-state index contributed by atoms with van der Waals surface area (Å²) < 4.78 is 28.0. The Labute approximate surface area is 171 Å². The first-order valence-corrected chi connectivity index (χ1v) is 10.3. The van der Waals surface area contributed by atoms with Gasteiger partial charge in [-0.05, 0) is 38.8 Å². The zero-order valence-corrected chi connectivity index (χ0v) is 16.7. The molecule has 6 rings (SSSR count). The van der Waals surface area contributed by atoms with Gasteiger partial charge in [-0.2, -0.15) is 4.98 Å². The summed E-state index contributed by atoms with van der Waals surface area (Å²) in [4.78, 5) is 16.0. The first-order chi connectivity index (χ1) is 14.6. The molecule has 2 fully saturated rings. The standard InChI is InChI=1S/C21H21FN6O2/c1-11-9-29-12(2)8-27(11)19-16-14(22)4-3-5-15(16)28-10-23-17(20(28)25-19)18-24-21(30-26-18)13-6-7-13/h3-5,10-13H,6-9H2,1-2H3/t11-,12+/m0/s1. The van der Waals surface area contributed by atoms with E-state index in [4.69, 9.17) is 14.2 Å². The van der Waals surface area contributed by atoms with E-state index in [0.717, 1.165) is 12.8 Å². The third-order valence-corrected chi connectivity index (χ3v) is 5.89. The molecule has 0 amide bonds. The van der Waals surface area contributed by atoms with Crippen LogP contribution in [-0.2, 0) is 4.74 Å². The summed E-state index contributed by atoms with van der Waals surface area (Å²) in [6, 6.07) is 5.11. The molecule has 0 unspecified atom stereocenters. The molecular formula is C21H21FN6O2. The summed E-state index contributed by atoms with van der Waals surface area (Å²) in [7, 11) is 0. The number of benzene rings is 1. The molecule has 1 aromatic carbocycles. The largest absolute Gasteiger partial charge is 0.375 e. The molecular weight excluding hydrogens is 387 g/mol. The van der Waals surface area contributed by atoms with E-state index in [2.05, 4.69) is 26.9 Å². The van der Waals surface area contributed by atoms with E-state index in [1.807, 2.05) is 13.0 Å². The van der Waals surface area contributed by atoms with Crippen molar-refractivity contribution in [2.75, 3.05) is 18.1 Å². The number of hydrogen-bond donors (Lipinski definition) is 0. The number of nitrogens with zero attached hydrogens (tertiary/aromatic N) is 6. The average Bonchev–Trinajstić information content (AvgIpc) is 3.31. The van der Waals surface area contributed by atoms with Gasteiger partial charge >= 0.3 is 0 Å². The van der Waals surface area contributed by atoms with Crippen molar-refractivity contribution in [2.24, 2.45) is 0 Å². The first-order valence-electron chi connectivity index (χ1n) is 10.3. The number of anilines is 1. The minimum absolute atomic E-state index is 0.0312. The predicted molar refractivity (Wildman–Crippen MR) is 108 cm³/mol. The molecule has 1 saturated carbocycles. The van der Waals surface area contributed by atoms with Crippen LogP contribution < -0.4 is 4.90 Å². The highest BCUT2D eigenvalue weighted by molar-refractivity contribution is 5.94. The molecule has 154 valence electrons. The lowest BCUT2D eigenvalue weighted by Gasteiger charge is -2.38. The van der Waals surface area contributed by atoms with E-state index in [9.17, 15) is 0 Å². The van der Waals surface area contributed by atoms with Crippen molar-refractivity contribution in [1.82, 2.24) is 24.5 Å². The Morgan fingerprint density at radius 2 is 2.03 bits per heavy atom. The minimum Gasteiger partial charge on any atom is -0.375 e. The van der Waals surface area contributed by atoms with Crippen LogP contribution in [0.1, 0.15) is 38.5 Å². The second-order valence-electron chi connectivity index (χ2n) is 8.23. The van der Waals surface area contributed by atoms with Crippen LogP contribution in [0.25, 0.3) is 28.1 Å². The third kappa shape index (κ3) is 2.68. The Balaban J connectivity index is 1.59. The molecule has 30 heavy (non-hydrogen) atoms. The van der Waals surface area contributed by atoms with Gasteiger partial charge in [-0.1, -0.05) is 11.2 Å². The molecule has 0 bridgehead atoms. The monoisotopic (exact) mass is 408 g/mol. The van der Waals surface area contributed by atoms with Crippen molar-refractivity contribution >= 4 is 22.4 Å². The zero-order chi connectivity index (χ0) is 20.4. The van der Waals surface area contributed by atoms with Gasteiger partial charge in [-0.3, -0.25) is 4.40 Å². The van der Waals surface area contributed by atoms with Crippen molar-refractivity contribution in [2.45, 2.75) is 44.8 Å². The quantitative estimate of drug-likeness (QED) is 0.513. The number of halogens is 1. The Morgan fingerprint density at radius 1 is 1.17 bits per heavy atom. The lowest BCUT2D eigenvalue weighted by atomic mass is 10.1. The van der Waals surface area contributed by atoms with E-state index >= 15 is 4.39 Å². The number of morpholine rings is 1. The van der Waals surface area contributed by atoms with E-state index in [-0.39, 0.29) is 18.0 Å². The van der Waals surface area contributed by atoms with Gasteiger partial charge in [-0.15, -0.1) is 0 Å². The SMILES string of the molecule is C[C@@H]1CN(c2nc3c(-c4noc(C5CC5)n4)ncn3c3cccc(F)c23)[C@@H](C)CO1. The zero-order valence-electron chi connectivity index (χ0n) is 16.7. The van der Waals surface area contributed by atoms with Crippen LogP contribution >= 0.6 is 0 Å². The van der Waals surface area contributed by atoms with E-state index in [0.29, 0.717) is 58.8 Å². The van der Waals surface area contributed by atoms with Crippen LogP contribution in [-0.4, -0.2) is 49.8 Å². The van der Waals surface area contributed by atoms with Crippen molar-refractivity contribution < 1.29 is 13.7 Å². The molecule has 4 aromatic rings. The highest BCUT2D eigenvalue weighted by Gasteiger charge is 2.32. The summed E-state index contributed by atoms with van der Waals surface area (Å²) in [5, 5.41) is 4.60. The molecule has 2 aliphatic rings. The van der Waals surface area contributed by atoms with E-state index in [1.54, 1.807) is 16.8 Å². The normalized spacial score (nSPS) is 22.3. The highest BCUT2D eigenvalue weighted by Crippen LogP contribution is 2.40. The number of imidazole rings is 1. The summed E-state index contributed by atoms with van der Waals surface area (Å²) in [5.41, 5.74) is 1.82. The van der Waals surface area contributed by atoms with Crippen LogP contribution in [0.5, 0.6) is 0 Å². The number of fused-ring (bicyclic) bond motifs is 3.